The standard InChI is InChI=1S/C9H17N3P2/c1-13(2)11-8-6-5-7-9(10-8)12-14(3)4/h5-7H,1-4H3,(H2,10,11,12). The lowest BCUT2D eigenvalue weighted by Crippen LogP contribution is -1.96. The summed E-state index contributed by atoms with van der Waals surface area (Å²) < 4.78 is 0. The molecule has 78 valence electrons. The highest BCUT2D eigenvalue weighted by molar-refractivity contribution is 7.57. The molecule has 0 amide bonds. The maximum atomic E-state index is 4.46. The van der Waals surface area contributed by atoms with Crippen LogP contribution < -0.4 is 10.2 Å². The molecule has 2 N–H and O–H groups in total. The highest BCUT2D eigenvalue weighted by Crippen LogP contribution is 2.29. The van der Waals surface area contributed by atoms with Crippen LogP contribution in [-0.2, 0) is 0 Å². The summed E-state index contributed by atoms with van der Waals surface area (Å²) in [5.74, 6) is 1.92. The number of rotatable bonds is 4. The fourth-order valence-electron chi connectivity index (χ4n) is 1.02. The Kier molecular flexibility index (Phi) is 4.57. The zero-order valence-corrected chi connectivity index (χ0v) is 10.9. The summed E-state index contributed by atoms with van der Waals surface area (Å²) in [7, 11) is -0.289. The van der Waals surface area contributed by atoms with Crippen molar-refractivity contribution in [3.63, 3.8) is 0 Å². The lowest BCUT2D eigenvalue weighted by Gasteiger charge is -2.12. The first-order valence-electron chi connectivity index (χ1n) is 4.43. The minimum Gasteiger partial charge on any atom is -0.350 e. The Morgan fingerprint density at radius 1 is 0.929 bits per heavy atom. The highest BCUT2D eigenvalue weighted by atomic mass is 31.1. The molecule has 3 nitrogen and oxygen atoms in total. The van der Waals surface area contributed by atoms with Crippen molar-refractivity contribution in [2.45, 2.75) is 0 Å². The summed E-state index contributed by atoms with van der Waals surface area (Å²) in [6.07, 6.45) is 0. The molecule has 0 aliphatic carbocycles. The van der Waals surface area contributed by atoms with Crippen LogP contribution in [0.25, 0.3) is 0 Å². The fraction of sp³-hybridized carbons (Fsp3) is 0.444. The SMILES string of the molecule is CP(C)Nc1cccc(NP(C)C)n1. The van der Waals surface area contributed by atoms with E-state index in [9.17, 15) is 0 Å². The Morgan fingerprint density at radius 3 is 1.71 bits per heavy atom. The average Bonchev–Trinajstić information content (AvgIpc) is 2.01. The van der Waals surface area contributed by atoms with E-state index in [0.29, 0.717) is 0 Å². The Labute approximate surface area is 88.3 Å². The molecule has 1 heterocycles. The normalized spacial score (nSPS) is 10.7. The molecule has 0 radical (unpaired) electrons. The molecular weight excluding hydrogens is 212 g/mol. The first-order chi connectivity index (χ1) is 6.58. The van der Waals surface area contributed by atoms with E-state index in [2.05, 4.69) is 41.8 Å². The molecule has 0 aromatic carbocycles. The number of aromatic nitrogens is 1. The predicted octanol–water partition coefficient (Wildman–Crippen LogP) is 3.22. The summed E-state index contributed by atoms with van der Waals surface area (Å²) in [6, 6.07) is 6.03. The van der Waals surface area contributed by atoms with Crippen LogP contribution >= 0.6 is 16.1 Å². The molecule has 0 unspecified atom stereocenters. The quantitative estimate of drug-likeness (QED) is 0.778. The van der Waals surface area contributed by atoms with Gasteiger partial charge in [0.1, 0.15) is 11.6 Å². The van der Waals surface area contributed by atoms with E-state index < -0.39 is 0 Å². The van der Waals surface area contributed by atoms with Gasteiger partial charge in [-0.05, 0) is 54.9 Å². The lowest BCUT2D eigenvalue weighted by atomic mass is 10.4. The topological polar surface area (TPSA) is 37.0 Å². The third-order valence-electron chi connectivity index (χ3n) is 1.43. The van der Waals surface area contributed by atoms with E-state index in [1.807, 2.05) is 18.2 Å². The van der Waals surface area contributed by atoms with Gasteiger partial charge in [-0.1, -0.05) is 6.07 Å². The average molecular weight is 229 g/mol. The zero-order chi connectivity index (χ0) is 10.6. The molecule has 1 aromatic heterocycles. The molecule has 1 aromatic rings. The van der Waals surface area contributed by atoms with Gasteiger partial charge in [0.15, 0.2) is 0 Å². The largest absolute Gasteiger partial charge is 0.350 e. The Hall–Kier alpha value is -0.390. The van der Waals surface area contributed by atoms with E-state index in [0.717, 1.165) is 11.6 Å². The number of hydrogen-bond donors (Lipinski definition) is 2. The molecule has 5 heteroatoms. The van der Waals surface area contributed by atoms with Crippen LogP contribution in [-0.4, -0.2) is 31.6 Å². The summed E-state index contributed by atoms with van der Waals surface area (Å²) in [5.41, 5.74) is 0. The molecule has 0 bridgehead atoms. The predicted molar refractivity (Wildman–Crippen MR) is 69.0 cm³/mol. The van der Waals surface area contributed by atoms with Crippen LogP contribution in [0, 0.1) is 0 Å². The van der Waals surface area contributed by atoms with E-state index >= 15 is 0 Å². The van der Waals surface area contributed by atoms with Gasteiger partial charge in [-0.15, -0.1) is 0 Å². The second-order valence-corrected chi connectivity index (χ2v) is 7.45. The molecule has 0 saturated heterocycles. The number of hydrogen-bond acceptors (Lipinski definition) is 3. The maximum Gasteiger partial charge on any atom is 0.131 e. The lowest BCUT2D eigenvalue weighted by molar-refractivity contribution is 1.34. The molecule has 0 saturated carbocycles. The van der Waals surface area contributed by atoms with Crippen molar-refractivity contribution in [1.82, 2.24) is 4.98 Å². The van der Waals surface area contributed by atoms with Gasteiger partial charge in [-0.25, -0.2) is 4.98 Å². The van der Waals surface area contributed by atoms with Crippen molar-refractivity contribution >= 4 is 27.8 Å². The second kappa shape index (κ2) is 5.48. The summed E-state index contributed by atoms with van der Waals surface area (Å²) in [4.78, 5) is 4.46. The molecular formula is C9H17N3P2. The minimum absolute atomic E-state index is 0.144. The van der Waals surface area contributed by atoms with Gasteiger partial charge in [0, 0.05) is 0 Å². The second-order valence-electron chi connectivity index (χ2n) is 3.42. The first kappa shape index (κ1) is 11.7. The van der Waals surface area contributed by atoms with Crippen molar-refractivity contribution in [3.8, 4) is 0 Å². The van der Waals surface area contributed by atoms with Crippen molar-refractivity contribution in [2.75, 3.05) is 36.8 Å². The van der Waals surface area contributed by atoms with Crippen LogP contribution in [0.4, 0.5) is 11.6 Å². The van der Waals surface area contributed by atoms with Gasteiger partial charge in [-0.3, -0.25) is 0 Å². The Balaban J connectivity index is 2.68. The third kappa shape index (κ3) is 4.21. The monoisotopic (exact) mass is 229 g/mol. The number of nitrogens with one attached hydrogen (secondary N) is 2. The van der Waals surface area contributed by atoms with E-state index in [4.69, 9.17) is 0 Å². The van der Waals surface area contributed by atoms with Gasteiger partial charge < -0.3 is 10.2 Å². The highest BCUT2D eigenvalue weighted by Gasteiger charge is 1.99. The number of anilines is 2. The van der Waals surface area contributed by atoms with E-state index in [-0.39, 0.29) is 16.1 Å². The molecule has 0 atom stereocenters. The van der Waals surface area contributed by atoms with Crippen LogP contribution in [0.1, 0.15) is 0 Å². The van der Waals surface area contributed by atoms with E-state index in [1.54, 1.807) is 0 Å². The van der Waals surface area contributed by atoms with Gasteiger partial charge in [0.25, 0.3) is 0 Å². The fourth-order valence-corrected chi connectivity index (χ4v) is 2.18. The van der Waals surface area contributed by atoms with E-state index in [1.165, 1.54) is 0 Å². The van der Waals surface area contributed by atoms with Crippen molar-refractivity contribution in [1.29, 1.82) is 0 Å². The molecule has 1 rings (SSSR count). The van der Waals surface area contributed by atoms with Gasteiger partial charge >= 0.3 is 0 Å². The van der Waals surface area contributed by atoms with Crippen molar-refractivity contribution in [3.05, 3.63) is 18.2 Å². The Bertz CT molecular complexity index is 264. The number of nitrogens with zero attached hydrogens (tertiary/aromatic N) is 1. The van der Waals surface area contributed by atoms with Gasteiger partial charge in [0.2, 0.25) is 0 Å². The molecule has 14 heavy (non-hydrogen) atoms. The molecule has 0 fully saturated rings. The Morgan fingerprint density at radius 2 is 1.36 bits per heavy atom. The summed E-state index contributed by atoms with van der Waals surface area (Å²) in [5, 5.41) is 6.68. The van der Waals surface area contributed by atoms with Crippen LogP contribution in [0.5, 0.6) is 0 Å². The smallest absolute Gasteiger partial charge is 0.131 e. The summed E-state index contributed by atoms with van der Waals surface area (Å²) in [6.45, 7) is 8.68. The molecule has 0 spiro atoms. The zero-order valence-electron chi connectivity index (χ0n) is 9.07. The van der Waals surface area contributed by atoms with Crippen molar-refractivity contribution < 1.29 is 0 Å². The van der Waals surface area contributed by atoms with Crippen LogP contribution in [0.2, 0.25) is 0 Å². The maximum absolute atomic E-state index is 4.46. The summed E-state index contributed by atoms with van der Waals surface area (Å²) >= 11 is 0. The molecule has 0 aliphatic rings. The van der Waals surface area contributed by atoms with Crippen LogP contribution in [0.15, 0.2) is 18.2 Å². The van der Waals surface area contributed by atoms with Gasteiger partial charge in [0.05, 0.1) is 0 Å². The molecule has 0 aliphatic heterocycles. The van der Waals surface area contributed by atoms with Crippen LogP contribution in [0.3, 0.4) is 0 Å². The van der Waals surface area contributed by atoms with Gasteiger partial charge in [-0.2, -0.15) is 0 Å². The van der Waals surface area contributed by atoms with Crippen molar-refractivity contribution in [2.24, 2.45) is 0 Å². The minimum atomic E-state index is -0.144. The third-order valence-corrected chi connectivity index (χ3v) is 2.78. The number of pyridine rings is 1. The first-order valence-corrected chi connectivity index (χ1v) is 8.90.